The predicted octanol–water partition coefficient (Wildman–Crippen LogP) is 6.62. The molecule has 42 heavy (non-hydrogen) atoms. The molecule has 3 heterocycles. The van der Waals surface area contributed by atoms with Crippen LogP contribution in [-0.2, 0) is 13.0 Å². The van der Waals surface area contributed by atoms with Crippen molar-refractivity contribution in [3.63, 3.8) is 0 Å². The number of ether oxygens (including phenoxy) is 1. The summed E-state index contributed by atoms with van der Waals surface area (Å²) >= 11 is 6.13. The number of pyridine rings is 1. The Morgan fingerprint density at radius 3 is 2.52 bits per heavy atom. The Labute approximate surface area is 245 Å². The van der Waals surface area contributed by atoms with Crippen LogP contribution in [0.4, 0.5) is 28.9 Å². The lowest BCUT2D eigenvalue weighted by atomic mass is 10.1. The lowest BCUT2D eigenvalue weighted by Gasteiger charge is -2.43. The topological polar surface area (TPSA) is 62.1 Å². The molecule has 4 aromatic rings. The van der Waals surface area contributed by atoms with Crippen LogP contribution in [0.25, 0.3) is 5.65 Å². The second kappa shape index (κ2) is 12.1. The van der Waals surface area contributed by atoms with Gasteiger partial charge in [0.2, 0.25) is 0 Å². The number of hydrogen-bond acceptors (Lipinski definition) is 5. The van der Waals surface area contributed by atoms with Crippen molar-refractivity contribution >= 4 is 34.5 Å². The molecule has 0 bridgehead atoms. The molecular weight excluding hydrogens is 574 g/mol. The van der Waals surface area contributed by atoms with Crippen molar-refractivity contribution in [1.82, 2.24) is 14.7 Å². The summed E-state index contributed by atoms with van der Waals surface area (Å²) in [5.74, 6) is -0.995. The molecule has 0 saturated carbocycles. The molecule has 1 amide bonds. The SMILES string of the molecule is CCc1nc2ccc(Cl)cn2c1C(=O)NCc1ccc(N2CCN(c3ccc(OC(F)(F)F)cc3)[C@@H](CC)C2)c(F)c1. The van der Waals surface area contributed by atoms with Crippen molar-refractivity contribution in [3.8, 4) is 5.75 Å². The Balaban J connectivity index is 1.24. The van der Waals surface area contributed by atoms with Crippen molar-refractivity contribution in [2.24, 2.45) is 0 Å². The molecule has 2 aromatic carbocycles. The zero-order valence-corrected chi connectivity index (χ0v) is 23.8. The number of alkyl halides is 3. The van der Waals surface area contributed by atoms with E-state index in [9.17, 15) is 18.0 Å². The second-order valence-electron chi connectivity index (χ2n) is 10.0. The number of benzene rings is 2. The quantitative estimate of drug-likeness (QED) is 0.229. The first-order valence-corrected chi connectivity index (χ1v) is 14.0. The fraction of sp³-hybridized carbons (Fsp3) is 0.333. The number of carbonyl (C=O) groups is 1. The lowest BCUT2D eigenvalue weighted by Crippen LogP contribution is -2.53. The molecule has 2 aromatic heterocycles. The minimum Gasteiger partial charge on any atom is -0.406 e. The van der Waals surface area contributed by atoms with Crippen LogP contribution in [0.1, 0.15) is 42.0 Å². The van der Waals surface area contributed by atoms with Gasteiger partial charge in [0.25, 0.3) is 5.91 Å². The largest absolute Gasteiger partial charge is 0.573 e. The number of anilines is 2. The van der Waals surface area contributed by atoms with Gasteiger partial charge in [-0.3, -0.25) is 9.20 Å². The molecule has 0 spiro atoms. The molecule has 1 atom stereocenters. The van der Waals surface area contributed by atoms with E-state index in [1.165, 1.54) is 18.2 Å². The monoisotopic (exact) mass is 603 g/mol. The molecule has 0 unspecified atom stereocenters. The molecule has 5 rings (SSSR count). The van der Waals surface area contributed by atoms with Crippen LogP contribution in [0.5, 0.6) is 5.75 Å². The van der Waals surface area contributed by atoms with Crippen LogP contribution in [0.2, 0.25) is 5.02 Å². The average Bonchev–Trinajstić information content (AvgIpc) is 3.33. The van der Waals surface area contributed by atoms with Gasteiger partial charge >= 0.3 is 6.36 Å². The maximum atomic E-state index is 15.3. The summed E-state index contributed by atoms with van der Waals surface area (Å²) in [4.78, 5) is 21.7. The molecule has 12 heteroatoms. The Hall–Kier alpha value is -3.99. The third-order valence-electron chi connectivity index (χ3n) is 7.37. The molecule has 7 nitrogen and oxygen atoms in total. The summed E-state index contributed by atoms with van der Waals surface area (Å²) in [7, 11) is 0. The first-order valence-electron chi connectivity index (χ1n) is 13.7. The second-order valence-corrected chi connectivity index (χ2v) is 10.5. The van der Waals surface area contributed by atoms with E-state index in [1.54, 1.807) is 47.0 Å². The van der Waals surface area contributed by atoms with Gasteiger partial charge in [-0.25, -0.2) is 9.37 Å². The van der Waals surface area contributed by atoms with E-state index >= 15 is 4.39 Å². The highest BCUT2D eigenvalue weighted by Gasteiger charge is 2.32. The van der Waals surface area contributed by atoms with Crippen LogP contribution in [0, 0.1) is 5.82 Å². The summed E-state index contributed by atoms with van der Waals surface area (Å²) in [6, 6.07) is 14.2. The number of nitrogens with one attached hydrogen (secondary N) is 1. The molecule has 1 saturated heterocycles. The molecule has 1 aliphatic rings. The number of piperazine rings is 1. The van der Waals surface area contributed by atoms with Gasteiger partial charge in [-0.05, 0) is 66.9 Å². The number of aryl methyl sites for hydroxylation is 1. The highest BCUT2D eigenvalue weighted by Crippen LogP contribution is 2.30. The third-order valence-corrected chi connectivity index (χ3v) is 7.59. The van der Waals surface area contributed by atoms with Gasteiger partial charge < -0.3 is 19.9 Å². The Morgan fingerprint density at radius 2 is 1.86 bits per heavy atom. The van der Waals surface area contributed by atoms with E-state index in [0.717, 1.165) is 12.1 Å². The standard InChI is InChI=1S/C30H30ClF4N5O2/c1-3-21-18-38(13-14-39(21)22-7-9-23(10-8-22)42-30(33,34)35)26-11-5-19(15-24(26)32)16-36-29(41)28-25(4-2)37-27-12-6-20(31)17-40(27)28/h5-12,15,17,21H,3-4,13-14,16,18H2,1-2H3,(H,36,41)/t21-/m0/s1. The van der Waals surface area contributed by atoms with Crippen molar-refractivity contribution in [2.45, 2.75) is 45.6 Å². The van der Waals surface area contributed by atoms with Crippen molar-refractivity contribution < 1.29 is 27.1 Å². The smallest absolute Gasteiger partial charge is 0.406 e. The third kappa shape index (κ3) is 6.41. The fourth-order valence-electron chi connectivity index (χ4n) is 5.34. The molecule has 222 valence electrons. The van der Waals surface area contributed by atoms with Crippen LogP contribution < -0.4 is 19.9 Å². The predicted molar refractivity (Wildman–Crippen MR) is 154 cm³/mol. The number of amides is 1. The zero-order valence-electron chi connectivity index (χ0n) is 23.1. The van der Waals surface area contributed by atoms with E-state index in [2.05, 4.69) is 19.9 Å². The maximum Gasteiger partial charge on any atom is 0.573 e. The minimum atomic E-state index is -4.74. The molecule has 0 radical (unpaired) electrons. The molecule has 1 aliphatic heterocycles. The molecule has 1 N–H and O–H groups in total. The molecule has 1 fully saturated rings. The summed E-state index contributed by atoms with van der Waals surface area (Å²) in [6.45, 7) is 5.71. The average molecular weight is 604 g/mol. The van der Waals surface area contributed by atoms with E-state index in [4.69, 9.17) is 11.6 Å². The van der Waals surface area contributed by atoms with Gasteiger partial charge in [-0.15, -0.1) is 13.2 Å². The number of fused-ring (bicyclic) bond motifs is 1. The van der Waals surface area contributed by atoms with Crippen molar-refractivity contribution in [3.05, 3.63) is 88.6 Å². The Morgan fingerprint density at radius 1 is 1.10 bits per heavy atom. The van der Waals surface area contributed by atoms with Crippen LogP contribution in [0.15, 0.2) is 60.8 Å². The van der Waals surface area contributed by atoms with Crippen LogP contribution in [0.3, 0.4) is 0 Å². The number of hydrogen-bond donors (Lipinski definition) is 1. The van der Waals surface area contributed by atoms with Gasteiger partial charge in [0.1, 0.15) is 22.9 Å². The van der Waals surface area contributed by atoms with E-state index < -0.39 is 12.2 Å². The van der Waals surface area contributed by atoms with Gasteiger partial charge in [-0.2, -0.15) is 0 Å². The number of aromatic nitrogens is 2. The first-order chi connectivity index (χ1) is 20.1. The first kappa shape index (κ1) is 29.5. The highest BCUT2D eigenvalue weighted by molar-refractivity contribution is 6.30. The Kier molecular flexibility index (Phi) is 8.49. The lowest BCUT2D eigenvalue weighted by molar-refractivity contribution is -0.274. The van der Waals surface area contributed by atoms with Gasteiger partial charge in [-0.1, -0.05) is 31.5 Å². The van der Waals surface area contributed by atoms with Crippen LogP contribution >= 0.6 is 11.6 Å². The fourth-order valence-corrected chi connectivity index (χ4v) is 5.50. The summed E-state index contributed by atoms with van der Waals surface area (Å²) in [5.41, 5.74) is 3.52. The van der Waals surface area contributed by atoms with Gasteiger partial charge in [0.15, 0.2) is 0 Å². The number of rotatable bonds is 8. The summed E-state index contributed by atoms with van der Waals surface area (Å²) in [5, 5.41) is 3.35. The van der Waals surface area contributed by atoms with E-state index in [1.807, 2.05) is 18.7 Å². The van der Waals surface area contributed by atoms with E-state index in [0.29, 0.717) is 59.4 Å². The van der Waals surface area contributed by atoms with Crippen molar-refractivity contribution in [2.75, 3.05) is 29.4 Å². The number of carbonyl (C=O) groups excluding carboxylic acids is 1. The number of nitrogens with zero attached hydrogens (tertiary/aromatic N) is 4. The van der Waals surface area contributed by atoms with E-state index in [-0.39, 0.29) is 24.2 Å². The zero-order chi connectivity index (χ0) is 30.0. The number of halogens is 5. The molecule has 0 aliphatic carbocycles. The Bertz CT molecular complexity index is 1570. The maximum absolute atomic E-state index is 15.3. The normalized spacial score (nSPS) is 15.7. The van der Waals surface area contributed by atoms with Gasteiger partial charge in [0, 0.05) is 44.1 Å². The summed E-state index contributed by atoms with van der Waals surface area (Å²) in [6.07, 6.45) is -1.77. The van der Waals surface area contributed by atoms with Gasteiger partial charge in [0.05, 0.1) is 16.4 Å². The highest BCUT2D eigenvalue weighted by atomic mass is 35.5. The summed E-state index contributed by atoms with van der Waals surface area (Å²) < 4.78 is 58.5. The van der Waals surface area contributed by atoms with Crippen molar-refractivity contribution in [1.29, 1.82) is 0 Å². The minimum absolute atomic E-state index is 0.0262. The number of imidazole rings is 1. The molecular formula is C30H30ClF4N5O2. The van der Waals surface area contributed by atoms with Crippen LogP contribution in [-0.4, -0.2) is 47.3 Å².